The van der Waals surface area contributed by atoms with Crippen molar-refractivity contribution in [1.29, 1.82) is 0 Å². The Morgan fingerprint density at radius 1 is 1.36 bits per heavy atom. The lowest BCUT2D eigenvalue weighted by molar-refractivity contribution is 0.0532. The first-order chi connectivity index (χ1) is 13.6. The van der Waals surface area contributed by atoms with Crippen molar-refractivity contribution < 1.29 is 18.7 Å². The van der Waals surface area contributed by atoms with Crippen molar-refractivity contribution in [3.05, 3.63) is 59.0 Å². The highest BCUT2D eigenvalue weighted by Crippen LogP contribution is 2.36. The Labute approximate surface area is 163 Å². The highest BCUT2D eigenvalue weighted by molar-refractivity contribution is 7.17. The van der Waals surface area contributed by atoms with Gasteiger partial charge in [0, 0.05) is 23.5 Å². The van der Waals surface area contributed by atoms with Crippen LogP contribution < -0.4 is 10.2 Å². The van der Waals surface area contributed by atoms with Gasteiger partial charge in [-0.1, -0.05) is 6.07 Å². The summed E-state index contributed by atoms with van der Waals surface area (Å²) in [7, 11) is 0. The lowest BCUT2D eigenvalue weighted by atomic mass is 10.1. The average molecular weight is 398 g/mol. The third kappa shape index (κ3) is 3.20. The summed E-state index contributed by atoms with van der Waals surface area (Å²) in [4.78, 5) is 35.1. The number of hydrogen-bond donors (Lipinski definition) is 1. The minimum Gasteiger partial charge on any atom is -0.462 e. The van der Waals surface area contributed by atoms with E-state index in [1.807, 2.05) is 0 Å². The van der Waals surface area contributed by atoms with Gasteiger partial charge >= 0.3 is 12.0 Å². The molecule has 0 bridgehead atoms. The normalized spacial score (nSPS) is 13.1. The number of hydrogen-bond acceptors (Lipinski definition) is 6. The van der Waals surface area contributed by atoms with E-state index in [0.717, 1.165) is 11.3 Å². The molecule has 2 aromatic heterocycles. The SMILES string of the molecule is CCOC(=O)c1sc(-c2cccnc2)nc1N1Cc2c(F)cccc2NC1=O. The number of rotatable bonds is 4. The number of pyridine rings is 1. The Morgan fingerprint density at radius 2 is 2.21 bits per heavy atom. The second kappa shape index (κ2) is 7.35. The monoisotopic (exact) mass is 398 g/mol. The Hall–Kier alpha value is -3.33. The van der Waals surface area contributed by atoms with Crippen LogP contribution >= 0.6 is 11.3 Å². The molecule has 3 aromatic rings. The molecule has 0 saturated carbocycles. The van der Waals surface area contributed by atoms with Crippen molar-refractivity contribution in [2.24, 2.45) is 0 Å². The molecule has 0 atom stereocenters. The highest BCUT2D eigenvalue weighted by Gasteiger charge is 2.32. The van der Waals surface area contributed by atoms with Gasteiger partial charge in [0.15, 0.2) is 10.7 Å². The molecule has 2 amide bonds. The van der Waals surface area contributed by atoms with E-state index in [1.165, 1.54) is 17.0 Å². The van der Waals surface area contributed by atoms with Crippen molar-refractivity contribution in [3.8, 4) is 10.6 Å². The van der Waals surface area contributed by atoms with E-state index in [1.54, 1.807) is 37.5 Å². The maximum absolute atomic E-state index is 14.2. The molecule has 0 radical (unpaired) electrons. The number of anilines is 2. The molecule has 7 nitrogen and oxygen atoms in total. The van der Waals surface area contributed by atoms with Crippen LogP contribution in [0.2, 0.25) is 0 Å². The van der Waals surface area contributed by atoms with Crippen molar-refractivity contribution in [2.75, 3.05) is 16.8 Å². The number of amides is 2. The number of nitrogens with one attached hydrogen (secondary N) is 1. The minimum atomic E-state index is -0.586. The molecule has 9 heteroatoms. The second-order valence-electron chi connectivity index (χ2n) is 5.92. The van der Waals surface area contributed by atoms with E-state index >= 15 is 0 Å². The van der Waals surface area contributed by atoms with E-state index in [2.05, 4.69) is 15.3 Å². The molecule has 142 valence electrons. The summed E-state index contributed by atoms with van der Waals surface area (Å²) in [6, 6.07) is 7.53. The summed E-state index contributed by atoms with van der Waals surface area (Å²) in [5, 5.41) is 3.16. The fourth-order valence-corrected chi connectivity index (χ4v) is 3.81. The average Bonchev–Trinajstić information content (AvgIpc) is 3.14. The Kier molecular flexibility index (Phi) is 4.74. The first-order valence-corrected chi connectivity index (χ1v) is 9.34. The third-order valence-electron chi connectivity index (χ3n) is 4.16. The van der Waals surface area contributed by atoms with Crippen LogP contribution in [0.15, 0.2) is 42.7 Å². The smallest absolute Gasteiger partial charge is 0.352 e. The van der Waals surface area contributed by atoms with Crippen LogP contribution in [0.5, 0.6) is 0 Å². The fraction of sp³-hybridized carbons (Fsp3) is 0.158. The van der Waals surface area contributed by atoms with Gasteiger partial charge in [-0.3, -0.25) is 9.88 Å². The lowest BCUT2D eigenvalue weighted by Crippen LogP contribution is -2.40. The van der Waals surface area contributed by atoms with Gasteiger partial charge in [-0.05, 0) is 31.2 Å². The van der Waals surface area contributed by atoms with Crippen molar-refractivity contribution in [2.45, 2.75) is 13.5 Å². The number of halogens is 1. The van der Waals surface area contributed by atoms with E-state index in [-0.39, 0.29) is 23.8 Å². The van der Waals surface area contributed by atoms with Gasteiger partial charge in [0.05, 0.1) is 18.8 Å². The summed E-state index contributed by atoms with van der Waals surface area (Å²) < 4.78 is 19.4. The number of urea groups is 1. The van der Waals surface area contributed by atoms with Crippen LogP contribution in [0, 0.1) is 5.82 Å². The molecule has 4 rings (SSSR count). The van der Waals surface area contributed by atoms with Crippen LogP contribution in [0.25, 0.3) is 10.6 Å². The van der Waals surface area contributed by atoms with Crippen LogP contribution in [0.4, 0.5) is 20.7 Å². The number of thiazole rings is 1. The summed E-state index contributed by atoms with van der Waals surface area (Å²) in [5.41, 5.74) is 1.43. The third-order valence-corrected chi connectivity index (χ3v) is 5.23. The number of benzene rings is 1. The van der Waals surface area contributed by atoms with Gasteiger partial charge in [0.25, 0.3) is 0 Å². The predicted octanol–water partition coefficient (Wildman–Crippen LogP) is 4.07. The molecule has 0 unspecified atom stereocenters. The molecule has 0 aliphatic carbocycles. The van der Waals surface area contributed by atoms with E-state index in [9.17, 15) is 14.0 Å². The number of aromatic nitrogens is 2. The summed E-state index contributed by atoms with van der Waals surface area (Å²) >= 11 is 1.10. The van der Waals surface area contributed by atoms with Crippen LogP contribution in [-0.2, 0) is 11.3 Å². The van der Waals surface area contributed by atoms with E-state index in [4.69, 9.17) is 4.74 Å². The van der Waals surface area contributed by atoms with Crippen molar-refractivity contribution >= 4 is 34.8 Å². The first kappa shape index (κ1) is 18.1. The summed E-state index contributed by atoms with van der Waals surface area (Å²) in [6.07, 6.45) is 3.24. The van der Waals surface area contributed by atoms with E-state index < -0.39 is 17.8 Å². The summed E-state index contributed by atoms with van der Waals surface area (Å²) in [6.45, 7) is 1.83. The zero-order valence-electron chi connectivity index (χ0n) is 14.8. The molecule has 0 saturated heterocycles. The topological polar surface area (TPSA) is 84.4 Å². The Balaban J connectivity index is 1.80. The van der Waals surface area contributed by atoms with Gasteiger partial charge in [-0.2, -0.15) is 0 Å². The molecular weight excluding hydrogens is 383 g/mol. The molecule has 1 aromatic carbocycles. The quantitative estimate of drug-likeness (QED) is 0.670. The number of ether oxygens (including phenoxy) is 1. The zero-order valence-corrected chi connectivity index (χ0v) is 15.6. The molecule has 1 aliphatic rings. The largest absolute Gasteiger partial charge is 0.462 e. The molecular formula is C19H15FN4O3S. The Bertz CT molecular complexity index is 1050. The van der Waals surface area contributed by atoms with Crippen molar-refractivity contribution in [1.82, 2.24) is 9.97 Å². The Morgan fingerprint density at radius 3 is 2.96 bits per heavy atom. The second-order valence-corrected chi connectivity index (χ2v) is 6.92. The molecule has 1 aliphatic heterocycles. The standard InChI is InChI=1S/C19H15FN4O3S/c1-2-27-18(25)15-16(23-17(28-15)11-5-4-8-21-9-11)24-10-12-13(20)6-3-7-14(12)22-19(24)26/h3-9H,2,10H2,1H3,(H,22,26). The number of carbonyl (C=O) groups excluding carboxylic acids is 2. The predicted molar refractivity (Wildman–Crippen MR) is 103 cm³/mol. The number of esters is 1. The van der Waals surface area contributed by atoms with Gasteiger partial charge in [-0.15, -0.1) is 11.3 Å². The highest BCUT2D eigenvalue weighted by atomic mass is 32.1. The van der Waals surface area contributed by atoms with Crippen molar-refractivity contribution in [3.63, 3.8) is 0 Å². The van der Waals surface area contributed by atoms with Gasteiger partial charge < -0.3 is 10.1 Å². The number of fused-ring (bicyclic) bond motifs is 1. The minimum absolute atomic E-state index is 0.0452. The molecule has 28 heavy (non-hydrogen) atoms. The lowest BCUT2D eigenvalue weighted by Gasteiger charge is -2.28. The fourth-order valence-electron chi connectivity index (χ4n) is 2.86. The maximum Gasteiger partial charge on any atom is 0.352 e. The molecule has 3 heterocycles. The number of carbonyl (C=O) groups is 2. The van der Waals surface area contributed by atoms with Gasteiger partial charge in [-0.25, -0.2) is 19.0 Å². The van der Waals surface area contributed by atoms with Gasteiger partial charge in [0.1, 0.15) is 10.8 Å². The van der Waals surface area contributed by atoms with Gasteiger partial charge in [0.2, 0.25) is 0 Å². The van der Waals surface area contributed by atoms with Crippen LogP contribution in [0.3, 0.4) is 0 Å². The molecule has 0 spiro atoms. The zero-order chi connectivity index (χ0) is 19.7. The first-order valence-electron chi connectivity index (χ1n) is 8.52. The van der Waals surface area contributed by atoms with E-state index in [0.29, 0.717) is 21.8 Å². The maximum atomic E-state index is 14.2. The molecule has 0 fully saturated rings. The summed E-state index contributed by atoms with van der Waals surface area (Å²) in [5.74, 6) is -0.895. The molecule has 1 N–H and O–H groups in total. The number of nitrogens with zero attached hydrogens (tertiary/aromatic N) is 3. The van der Waals surface area contributed by atoms with Crippen LogP contribution in [0.1, 0.15) is 22.2 Å². The van der Waals surface area contributed by atoms with Crippen LogP contribution in [-0.4, -0.2) is 28.6 Å².